The summed E-state index contributed by atoms with van der Waals surface area (Å²) in [6.07, 6.45) is 2.82. The molecule has 0 amide bonds. The molecule has 2 heterocycles. The molecule has 0 aliphatic carbocycles. The molecule has 1 aliphatic heterocycles. The van der Waals surface area contributed by atoms with Gasteiger partial charge < -0.3 is 10.6 Å². The van der Waals surface area contributed by atoms with Crippen molar-refractivity contribution in [2.24, 2.45) is 11.7 Å². The Labute approximate surface area is 113 Å². The number of hydrogen-bond donors (Lipinski definition) is 1. The monoisotopic (exact) mass is 254 g/mol. The summed E-state index contributed by atoms with van der Waals surface area (Å²) in [5, 5.41) is 8.32. The van der Waals surface area contributed by atoms with Gasteiger partial charge in [-0.1, -0.05) is 25.1 Å². The van der Waals surface area contributed by atoms with Crippen LogP contribution in [0.2, 0.25) is 0 Å². The van der Waals surface area contributed by atoms with Gasteiger partial charge in [0.15, 0.2) is 5.82 Å². The lowest BCUT2D eigenvalue weighted by molar-refractivity contribution is 0.558. The van der Waals surface area contributed by atoms with Crippen LogP contribution in [0.1, 0.15) is 18.1 Å². The molecule has 2 N–H and O–H groups in total. The van der Waals surface area contributed by atoms with Crippen LogP contribution in [0.25, 0.3) is 0 Å². The predicted molar refractivity (Wildman–Crippen MR) is 76.2 cm³/mol. The molecule has 1 atom stereocenters. The Balaban J connectivity index is 2.10. The second kappa shape index (κ2) is 4.97. The SMILES string of the molecule is CC1Cc2ccccc2N(c2nnccc2CN)C1. The summed E-state index contributed by atoms with van der Waals surface area (Å²) in [4.78, 5) is 2.25. The Morgan fingerprint density at radius 1 is 1.32 bits per heavy atom. The van der Waals surface area contributed by atoms with Crippen LogP contribution >= 0.6 is 0 Å². The number of fused-ring (bicyclic) bond motifs is 1. The van der Waals surface area contributed by atoms with Gasteiger partial charge in [0.2, 0.25) is 0 Å². The summed E-state index contributed by atoms with van der Waals surface area (Å²) in [5.74, 6) is 1.49. The average Bonchev–Trinajstić information content (AvgIpc) is 2.46. The number of benzene rings is 1. The van der Waals surface area contributed by atoms with E-state index in [0.717, 1.165) is 24.3 Å². The Hall–Kier alpha value is -1.94. The molecule has 2 aromatic rings. The van der Waals surface area contributed by atoms with Crippen molar-refractivity contribution in [2.45, 2.75) is 19.9 Å². The molecule has 3 rings (SSSR count). The summed E-state index contributed by atoms with van der Waals surface area (Å²) >= 11 is 0. The minimum atomic E-state index is 0.484. The maximum Gasteiger partial charge on any atom is 0.160 e. The highest BCUT2D eigenvalue weighted by Gasteiger charge is 2.24. The van der Waals surface area contributed by atoms with Gasteiger partial charge in [0.1, 0.15) is 0 Å². The second-order valence-corrected chi connectivity index (χ2v) is 5.13. The molecule has 0 bridgehead atoms. The fraction of sp³-hybridized carbons (Fsp3) is 0.333. The summed E-state index contributed by atoms with van der Waals surface area (Å²) in [5.41, 5.74) is 9.46. The lowest BCUT2D eigenvalue weighted by Crippen LogP contribution is -2.32. The van der Waals surface area contributed by atoms with Gasteiger partial charge in [0.05, 0.1) is 6.20 Å². The zero-order chi connectivity index (χ0) is 13.2. The number of hydrogen-bond acceptors (Lipinski definition) is 4. The molecule has 0 saturated carbocycles. The topological polar surface area (TPSA) is 55.0 Å². The van der Waals surface area contributed by atoms with Crippen LogP contribution in [0.5, 0.6) is 0 Å². The third kappa shape index (κ3) is 2.19. The quantitative estimate of drug-likeness (QED) is 0.893. The van der Waals surface area contributed by atoms with Gasteiger partial charge in [-0.3, -0.25) is 0 Å². The Morgan fingerprint density at radius 2 is 2.16 bits per heavy atom. The van der Waals surface area contributed by atoms with E-state index >= 15 is 0 Å². The number of para-hydroxylation sites is 1. The molecule has 0 fully saturated rings. The van der Waals surface area contributed by atoms with E-state index in [0.29, 0.717) is 12.5 Å². The van der Waals surface area contributed by atoms with Crippen molar-refractivity contribution in [3.05, 3.63) is 47.7 Å². The predicted octanol–water partition coefficient (Wildman–Crippen LogP) is 2.27. The molecule has 1 aliphatic rings. The van der Waals surface area contributed by atoms with E-state index in [1.807, 2.05) is 6.07 Å². The van der Waals surface area contributed by atoms with Crippen molar-refractivity contribution >= 4 is 11.5 Å². The second-order valence-electron chi connectivity index (χ2n) is 5.13. The highest BCUT2D eigenvalue weighted by atomic mass is 15.3. The molecule has 0 saturated heterocycles. The van der Waals surface area contributed by atoms with Gasteiger partial charge >= 0.3 is 0 Å². The largest absolute Gasteiger partial charge is 0.326 e. The number of anilines is 2. The first-order valence-electron chi connectivity index (χ1n) is 6.65. The van der Waals surface area contributed by atoms with Crippen molar-refractivity contribution in [3.8, 4) is 0 Å². The Kier molecular flexibility index (Phi) is 3.17. The van der Waals surface area contributed by atoms with Crippen molar-refractivity contribution in [3.63, 3.8) is 0 Å². The summed E-state index contributed by atoms with van der Waals surface area (Å²) in [6.45, 7) is 3.71. The van der Waals surface area contributed by atoms with Crippen molar-refractivity contribution < 1.29 is 0 Å². The van der Waals surface area contributed by atoms with Gasteiger partial charge in [-0.2, -0.15) is 5.10 Å². The first-order valence-corrected chi connectivity index (χ1v) is 6.65. The van der Waals surface area contributed by atoms with E-state index in [2.05, 4.69) is 46.3 Å². The lowest BCUT2D eigenvalue weighted by atomic mass is 9.93. The third-order valence-electron chi connectivity index (χ3n) is 3.60. The maximum atomic E-state index is 5.82. The van der Waals surface area contributed by atoms with E-state index in [1.54, 1.807) is 6.20 Å². The summed E-state index contributed by atoms with van der Waals surface area (Å²) in [6, 6.07) is 10.5. The first-order chi connectivity index (χ1) is 9.29. The zero-order valence-corrected chi connectivity index (χ0v) is 11.1. The molecule has 0 radical (unpaired) electrons. The van der Waals surface area contributed by atoms with Gasteiger partial charge in [0, 0.05) is 24.3 Å². The van der Waals surface area contributed by atoms with Crippen LogP contribution in [0.3, 0.4) is 0 Å². The number of rotatable bonds is 2. The molecule has 98 valence electrons. The Morgan fingerprint density at radius 3 is 3.00 bits per heavy atom. The van der Waals surface area contributed by atoms with E-state index in [9.17, 15) is 0 Å². The van der Waals surface area contributed by atoms with E-state index in [1.165, 1.54) is 11.3 Å². The van der Waals surface area contributed by atoms with Crippen molar-refractivity contribution in [2.75, 3.05) is 11.4 Å². The molecule has 1 unspecified atom stereocenters. The molecule has 4 nitrogen and oxygen atoms in total. The van der Waals surface area contributed by atoms with Gasteiger partial charge in [-0.25, -0.2) is 0 Å². The van der Waals surface area contributed by atoms with E-state index in [-0.39, 0.29) is 0 Å². The van der Waals surface area contributed by atoms with Crippen LogP contribution in [-0.4, -0.2) is 16.7 Å². The van der Waals surface area contributed by atoms with Crippen LogP contribution < -0.4 is 10.6 Å². The highest BCUT2D eigenvalue weighted by Crippen LogP contribution is 2.35. The smallest absolute Gasteiger partial charge is 0.160 e. The van der Waals surface area contributed by atoms with Crippen molar-refractivity contribution in [1.82, 2.24) is 10.2 Å². The molecule has 4 heteroatoms. The summed E-state index contributed by atoms with van der Waals surface area (Å²) in [7, 11) is 0. The zero-order valence-electron chi connectivity index (χ0n) is 11.1. The van der Waals surface area contributed by atoms with Gasteiger partial charge in [0.25, 0.3) is 0 Å². The molecular formula is C15H18N4. The van der Waals surface area contributed by atoms with Crippen LogP contribution in [0.4, 0.5) is 11.5 Å². The average molecular weight is 254 g/mol. The minimum Gasteiger partial charge on any atom is -0.326 e. The fourth-order valence-corrected chi connectivity index (χ4v) is 2.73. The Bertz CT molecular complexity index is 582. The number of aromatic nitrogens is 2. The first kappa shape index (κ1) is 12.1. The number of nitrogens with zero attached hydrogens (tertiary/aromatic N) is 3. The van der Waals surface area contributed by atoms with Gasteiger partial charge in [-0.05, 0) is 30.0 Å². The third-order valence-corrected chi connectivity index (χ3v) is 3.60. The summed E-state index contributed by atoms with van der Waals surface area (Å²) < 4.78 is 0. The minimum absolute atomic E-state index is 0.484. The van der Waals surface area contributed by atoms with Crippen LogP contribution in [-0.2, 0) is 13.0 Å². The lowest BCUT2D eigenvalue weighted by Gasteiger charge is -2.34. The normalized spacial score (nSPS) is 18.2. The van der Waals surface area contributed by atoms with Crippen molar-refractivity contribution in [1.29, 1.82) is 0 Å². The van der Waals surface area contributed by atoms with Gasteiger partial charge in [-0.15, -0.1) is 5.10 Å². The molecule has 19 heavy (non-hydrogen) atoms. The van der Waals surface area contributed by atoms with Crippen LogP contribution in [0.15, 0.2) is 36.5 Å². The standard InChI is InChI=1S/C15H18N4/c1-11-8-12-4-2-3-5-14(12)19(10-11)15-13(9-16)6-7-17-18-15/h2-7,11H,8-10,16H2,1H3. The molecule has 1 aromatic carbocycles. The molecule has 0 spiro atoms. The number of nitrogens with two attached hydrogens (primary N) is 1. The van der Waals surface area contributed by atoms with Crippen LogP contribution in [0, 0.1) is 5.92 Å². The fourth-order valence-electron chi connectivity index (χ4n) is 2.73. The highest BCUT2D eigenvalue weighted by molar-refractivity contribution is 5.67. The molecular weight excluding hydrogens is 236 g/mol. The van der Waals surface area contributed by atoms with E-state index in [4.69, 9.17) is 5.73 Å². The maximum absolute atomic E-state index is 5.82. The van der Waals surface area contributed by atoms with E-state index < -0.39 is 0 Å². The molecule has 1 aromatic heterocycles.